The van der Waals surface area contributed by atoms with Gasteiger partial charge in [0.1, 0.15) is 6.07 Å². The minimum Gasteiger partial charge on any atom is -0.350 e. The first kappa shape index (κ1) is 14.7. The fourth-order valence-corrected chi connectivity index (χ4v) is 1.65. The van der Waals surface area contributed by atoms with Crippen molar-refractivity contribution in [2.24, 2.45) is 11.7 Å². The van der Waals surface area contributed by atoms with Crippen LogP contribution in [0.15, 0.2) is 12.3 Å². The molecule has 7 heteroatoms. The third kappa shape index (κ3) is 3.81. The van der Waals surface area contributed by atoms with E-state index in [1.54, 1.807) is 11.1 Å². The van der Waals surface area contributed by atoms with E-state index in [0.717, 1.165) is 0 Å². The third-order valence-corrected chi connectivity index (χ3v) is 2.39. The Morgan fingerprint density at radius 1 is 1.58 bits per heavy atom. The van der Waals surface area contributed by atoms with Crippen LogP contribution in [0.25, 0.3) is 0 Å². The number of hydrazine groups is 1. The smallest absolute Gasteiger partial charge is 0.333 e. The predicted octanol–water partition coefficient (Wildman–Crippen LogP) is 1.13. The van der Waals surface area contributed by atoms with Crippen LogP contribution in [0.2, 0.25) is 0 Å². The van der Waals surface area contributed by atoms with E-state index in [9.17, 15) is 4.79 Å². The molecule has 0 spiro atoms. The van der Waals surface area contributed by atoms with Crippen LogP contribution in [-0.2, 0) is 0 Å². The summed E-state index contributed by atoms with van der Waals surface area (Å²) < 4.78 is 0. The minimum absolute atomic E-state index is 0.0618. The molecule has 0 fully saturated rings. The molecule has 7 nitrogen and oxygen atoms in total. The van der Waals surface area contributed by atoms with Crippen LogP contribution in [0.3, 0.4) is 0 Å². The third-order valence-electron chi connectivity index (χ3n) is 2.39. The zero-order valence-corrected chi connectivity index (χ0v) is 11.4. The Bertz CT molecular complexity index is 481. The Hall–Kier alpha value is -2.36. The molecule has 1 aromatic heterocycles. The molecule has 0 aliphatic heterocycles. The van der Waals surface area contributed by atoms with Crippen LogP contribution in [-0.4, -0.2) is 34.1 Å². The number of nitriles is 1. The molecule has 0 aliphatic carbocycles. The number of nitrogens with zero attached hydrogens (tertiary/aromatic N) is 5. The number of carbonyl (C=O) groups excluding carboxylic acids is 1. The van der Waals surface area contributed by atoms with Crippen molar-refractivity contribution in [2.45, 2.75) is 20.8 Å². The van der Waals surface area contributed by atoms with E-state index in [1.165, 1.54) is 11.2 Å². The van der Waals surface area contributed by atoms with E-state index in [-0.39, 0.29) is 5.82 Å². The van der Waals surface area contributed by atoms with Gasteiger partial charge in [0.05, 0.1) is 0 Å². The van der Waals surface area contributed by atoms with Crippen LogP contribution < -0.4 is 10.7 Å². The van der Waals surface area contributed by atoms with Crippen molar-refractivity contribution in [3.8, 4) is 6.07 Å². The van der Waals surface area contributed by atoms with Gasteiger partial charge in [-0.1, -0.05) is 13.8 Å². The van der Waals surface area contributed by atoms with Crippen LogP contribution in [0, 0.1) is 17.2 Å². The minimum atomic E-state index is -0.555. The summed E-state index contributed by atoms with van der Waals surface area (Å²) in [7, 11) is 0. The van der Waals surface area contributed by atoms with Crippen molar-refractivity contribution in [1.82, 2.24) is 15.0 Å². The first-order chi connectivity index (χ1) is 8.99. The number of urea groups is 1. The monoisotopic (exact) mass is 262 g/mol. The number of hydrogen-bond acceptors (Lipinski definition) is 5. The normalized spacial score (nSPS) is 10.1. The second kappa shape index (κ2) is 6.54. The lowest BCUT2D eigenvalue weighted by atomic mass is 10.2. The predicted molar refractivity (Wildman–Crippen MR) is 70.9 cm³/mol. The van der Waals surface area contributed by atoms with Gasteiger partial charge in [-0.2, -0.15) is 10.2 Å². The first-order valence-electron chi connectivity index (χ1n) is 6.07. The fourth-order valence-electron chi connectivity index (χ4n) is 1.65. The average Bonchev–Trinajstić information content (AvgIpc) is 2.37. The van der Waals surface area contributed by atoms with Crippen molar-refractivity contribution >= 4 is 11.8 Å². The average molecular weight is 262 g/mol. The molecule has 19 heavy (non-hydrogen) atoms. The lowest BCUT2D eigenvalue weighted by Crippen LogP contribution is -2.51. The molecule has 0 aliphatic rings. The Kier molecular flexibility index (Phi) is 5.06. The Morgan fingerprint density at radius 3 is 2.74 bits per heavy atom. The summed E-state index contributed by atoms with van der Waals surface area (Å²) in [6.45, 7) is 6.86. The number of rotatable bonds is 5. The molecular weight excluding hydrogens is 244 g/mol. The molecule has 0 unspecified atom stereocenters. The van der Waals surface area contributed by atoms with Crippen LogP contribution in [0.4, 0.5) is 10.6 Å². The maximum absolute atomic E-state index is 11.5. The molecule has 1 rings (SSSR count). The van der Waals surface area contributed by atoms with E-state index in [1.807, 2.05) is 26.8 Å². The van der Waals surface area contributed by atoms with Crippen LogP contribution in [0.1, 0.15) is 26.6 Å². The highest BCUT2D eigenvalue weighted by Crippen LogP contribution is 2.15. The number of amides is 2. The van der Waals surface area contributed by atoms with Gasteiger partial charge < -0.3 is 5.73 Å². The van der Waals surface area contributed by atoms with Gasteiger partial charge in [-0.15, -0.1) is 0 Å². The quantitative estimate of drug-likeness (QED) is 0.802. The van der Waals surface area contributed by atoms with Crippen molar-refractivity contribution in [1.29, 1.82) is 5.26 Å². The molecule has 1 heterocycles. The highest BCUT2D eigenvalue weighted by atomic mass is 16.2. The number of aromatic nitrogens is 2. The Morgan fingerprint density at radius 2 is 2.26 bits per heavy atom. The van der Waals surface area contributed by atoms with Crippen molar-refractivity contribution in [2.75, 3.05) is 18.1 Å². The molecule has 2 N–H and O–H groups in total. The summed E-state index contributed by atoms with van der Waals surface area (Å²) in [6, 6.07) is 2.97. The standard InChI is InChI=1S/C12H18N6O/c1-4-17(12(14)19)18(8-9(2)3)11-5-6-15-10(7-13)16-11/h5-6,9H,4,8H2,1-3H3,(H2,14,19). The van der Waals surface area contributed by atoms with Gasteiger partial charge in [-0.25, -0.2) is 14.8 Å². The number of hydrogen-bond donors (Lipinski definition) is 1. The summed E-state index contributed by atoms with van der Waals surface area (Å²) in [5, 5.41) is 11.9. The second-order valence-electron chi connectivity index (χ2n) is 4.38. The summed E-state index contributed by atoms with van der Waals surface area (Å²) in [5.74, 6) is 0.849. The molecule has 0 saturated heterocycles. The molecule has 2 amide bonds. The lowest BCUT2D eigenvalue weighted by Gasteiger charge is -2.34. The SMILES string of the molecule is CCN(C(N)=O)N(CC(C)C)c1ccnc(C#N)n1. The van der Waals surface area contributed by atoms with Gasteiger partial charge in [-0.3, -0.25) is 5.01 Å². The maximum atomic E-state index is 11.5. The Labute approximate surface area is 112 Å². The molecular formula is C12H18N6O. The van der Waals surface area contributed by atoms with Crippen molar-refractivity contribution < 1.29 is 4.79 Å². The van der Waals surface area contributed by atoms with E-state index in [0.29, 0.717) is 24.8 Å². The molecule has 0 bridgehead atoms. The highest BCUT2D eigenvalue weighted by Gasteiger charge is 2.20. The highest BCUT2D eigenvalue weighted by molar-refractivity contribution is 5.74. The fraction of sp³-hybridized carbons (Fsp3) is 0.500. The zero-order valence-electron chi connectivity index (χ0n) is 11.4. The van der Waals surface area contributed by atoms with E-state index in [2.05, 4.69) is 9.97 Å². The Balaban J connectivity index is 3.15. The summed E-state index contributed by atoms with van der Waals surface area (Å²) in [4.78, 5) is 19.4. The van der Waals surface area contributed by atoms with E-state index < -0.39 is 6.03 Å². The molecule has 0 atom stereocenters. The number of carbonyl (C=O) groups is 1. The van der Waals surface area contributed by atoms with Gasteiger partial charge >= 0.3 is 6.03 Å². The first-order valence-corrected chi connectivity index (χ1v) is 6.07. The van der Waals surface area contributed by atoms with Crippen molar-refractivity contribution in [3.63, 3.8) is 0 Å². The number of nitrogens with two attached hydrogens (primary N) is 1. The molecule has 102 valence electrons. The van der Waals surface area contributed by atoms with Gasteiger partial charge in [0.15, 0.2) is 5.82 Å². The molecule has 0 aromatic carbocycles. The molecule has 0 saturated carbocycles. The van der Waals surface area contributed by atoms with Gasteiger partial charge in [0, 0.05) is 25.4 Å². The molecule has 0 radical (unpaired) electrons. The zero-order chi connectivity index (χ0) is 14.4. The van der Waals surface area contributed by atoms with Gasteiger partial charge in [0.2, 0.25) is 5.82 Å². The molecule has 1 aromatic rings. The van der Waals surface area contributed by atoms with Gasteiger partial charge in [0.25, 0.3) is 0 Å². The van der Waals surface area contributed by atoms with E-state index >= 15 is 0 Å². The van der Waals surface area contributed by atoms with Crippen molar-refractivity contribution in [3.05, 3.63) is 18.1 Å². The summed E-state index contributed by atoms with van der Waals surface area (Å²) in [5.41, 5.74) is 5.37. The second-order valence-corrected chi connectivity index (χ2v) is 4.38. The topological polar surface area (TPSA) is 99.1 Å². The van der Waals surface area contributed by atoms with E-state index in [4.69, 9.17) is 11.0 Å². The van der Waals surface area contributed by atoms with Crippen LogP contribution >= 0.6 is 0 Å². The number of anilines is 1. The van der Waals surface area contributed by atoms with Gasteiger partial charge in [-0.05, 0) is 12.8 Å². The summed E-state index contributed by atoms with van der Waals surface area (Å²) >= 11 is 0. The lowest BCUT2D eigenvalue weighted by molar-refractivity contribution is 0.201. The largest absolute Gasteiger partial charge is 0.350 e. The summed E-state index contributed by atoms with van der Waals surface area (Å²) in [6.07, 6.45) is 1.49. The maximum Gasteiger partial charge on any atom is 0.333 e. The van der Waals surface area contributed by atoms with Crippen LogP contribution in [0.5, 0.6) is 0 Å². The number of primary amides is 1.